The van der Waals surface area contributed by atoms with Gasteiger partial charge in [-0.15, -0.1) is 11.8 Å². The van der Waals surface area contributed by atoms with Crippen LogP contribution in [0.25, 0.3) is 0 Å². The smallest absolute Gasteiger partial charge is 0.0409 e. The topological polar surface area (TPSA) is 26.0 Å². The van der Waals surface area contributed by atoms with Crippen LogP contribution in [0.1, 0.15) is 24.3 Å². The van der Waals surface area contributed by atoms with Gasteiger partial charge in [0.25, 0.3) is 0 Å². The predicted molar refractivity (Wildman–Crippen MR) is 63.2 cm³/mol. The van der Waals surface area contributed by atoms with Crippen molar-refractivity contribution in [3.63, 3.8) is 0 Å². The van der Waals surface area contributed by atoms with Crippen molar-refractivity contribution in [2.24, 2.45) is 5.73 Å². The van der Waals surface area contributed by atoms with Gasteiger partial charge in [-0.3, -0.25) is 0 Å². The molecule has 1 aliphatic rings. The van der Waals surface area contributed by atoms with E-state index in [4.69, 9.17) is 17.3 Å². The summed E-state index contributed by atoms with van der Waals surface area (Å²) in [5, 5.41) is 0.851. The molecule has 0 amide bonds. The summed E-state index contributed by atoms with van der Waals surface area (Å²) in [6.45, 7) is 0.789. The van der Waals surface area contributed by atoms with Gasteiger partial charge in [-0.05, 0) is 49.1 Å². The summed E-state index contributed by atoms with van der Waals surface area (Å²) in [4.78, 5) is 1.40. The van der Waals surface area contributed by atoms with E-state index < -0.39 is 0 Å². The Morgan fingerprint density at radius 3 is 3.14 bits per heavy atom. The standard InChI is InChI=1S/C11H14ClNS/c12-9-3-4-11-10(6-9)8(7-14-11)2-1-5-13/h3-4,6,8H,1-2,5,7,13H2. The predicted octanol–water partition coefficient (Wildman–Crippen LogP) is 3.27. The fraction of sp³-hybridized carbons (Fsp3) is 0.455. The molecule has 3 heteroatoms. The second kappa shape index (κ2) is 4.56. The molecule has 0 aromatic heterocycles. The lowest BCUT2D eigenvalue weighted by molar-refractivity contribution is 0.649. The maximum Gasteiger partial charge on any atom is 0.0409 e. The minimum atomic E-state index is 0.664. The molecule has 1 aromatic carbocycles. The van der Waals surface area contributed by atoms with Crippen LogP contribution in [0.4, 0.5) is 0 Å². The fourth-order valence-corrected chi connectivity index (χ4v) is 3.32. The van der Waals surface area contributed by atoms with Crippen LogP contribution in [0.5, 0.6) is 0 Å². The van der Waals surface area contributed by atoms with E-state index >= 15 is 0 Å². The van der Waals surface area contributed by atoms with Gasteiger partial charge in [-0.1, -0.05) is 11.6 Å². The minimum Gasteiger partial charge on any atom is -0.330 e. The summed E-state index contributed by atoms with van der Waals surface area (Å²) >= 11 is 7.92. The molecule has 1 aromatic rings. The number of halogens is 1. The third-order valence-electron chi connectivity index (χ3n) is 2.61. The Kier molecular flexibility index (Phi) is 3.37. The lowest BCUT2D eigenvalue weighted by Crippen LogP contribution is -2.03. The molecule has 14 heavy (non-hydrogen) atoms. The van der Waals surface area contributed by atoms with E-state index in [2.05, 4.69) is 12.1 Å². The lowest BCUT2D eigenvalue weighted by atomic mass is 9.96. The zero-order valence-corrected chi connectivity index (χ0v) is 9.57. The molecule has 2 N–H and O–H groups in total. The minimum absolute atomic E-state index is 0.664. The fourth-order valence-electron chi connectivity index (χ4n) is 1.85. The molecule has 0 aliphatic carbocycles. The largest absolute Gasteiger partial charge is 0.330 e. The normalized spacial score (nSPS) is 19.7. The highest BCUT2D eigenvalue weighted by atomic mass is 35.5. The van der Waals surface area contributed by atoms with E-state index in [9.17, 15) is 0 Å². The monoisotopic (exact) mass is 227 g/mol. The molecule has 76 valence electrons. The summed E-state index contributed by atoms with van der Waals surface area (Å²) in [5.41, 5.74) is 6.95. The highest BCUT2D eigenvalue weighted by molar-refractivity contribution is 7.99. The third-order valence-corrected chi connectivity index (χ3v) is 4.10. The first-order chi connectivity index (χ1) is 6.81. The third kappa shape index (κ3) is 2.08. The van der Waals surface area contributed by atoms with Crippen molar-refractivity contribution in [3.05, 3.63) is 28.8 Å². The Morgan fingerprint density at radius 2 is 2.36 bits per heavy atom. The van der Waals surface area contributed by atoms with Gasteiger partial charge >= 0.3 is 0 Å². The number of fused-ring (bicyclic) bond motifs is 1. The number of benzene rings is 1. The van der Waals surface area contributed by atoms with Crippen molar-refractivity contribution in [2.75, 3.05) is 12.3 Å². The van der Waals surface area contributed by atoms with E-state index in [1.807, 2.05) is 17.8 Å². The van der Waals surface area contributed by atoms with Gasteiger partial charge in [-0.25, -0.2) is 0 Å². The average molecular weight is 228 g/mol. The molecule has 1 nitrogen and oxygen atoms in total. The van der Waals surface area contributed by atoms with Crippen LogP contribution in [-0.4, -0.2) is 12.3 Å². The molecule has 0 radical (unpaired) electrons. The number of hydrogen-bond donors (Lipinski definition) is 1. The van der Waals surface area contributed by atoms with Gasteiger partial charge in [0.1, 0.15) is 0 Å². The van der Waals surface area contributed by atoms with Crippen LogP contribution in [0, 0.1) is 0 Å². The highest BCUT2D eigenvalue weighted by Gasteiger charge is 2.22. The molecule has 1 heterocycles. The van der Waals surface area contributed by atoms with Crippen LogP contribution >= 0.6 is 23.4 Å². The maximum atomic E-state index is 5.99. The quantitative estimate of drug-likeness (QED) is 0.858. The number of hydrogen-bond acceptors (Lipinski definition) is 2. The van der Waals surface area contributed by atoms with Crippen molar-refractivity contribution < 1.29 is 0 Å². The molecule has 0 fully saturated rings. The average Bonchev–Trinajstić information content (AvgIpc) is 2.57. The Bertz CT molecular complexity index is 327. The Balaban J connectivity index is 2.16. The number of nitrogens with two attached hydrogens (primary N) is 1. The van der Waals surface area contributed by atoms with Gasteiger partial charge in [0.05, 0.1) is 0 Å². The zero-order chi connectivity index (χ0) is 9.97. The van der Waals surface area contributed by atoms with Gasteiger partial charge in [0, 0.05) is 15.7 Å². The Morgan fingerprint density at radius 1 is 1.50 bits per heavy atom. The van der Waals surface area contributed by atoms with Crippen LogP contribution in [-0.2, 0) is 0 Å². The summed E-state index contributed by atoms with van der Waals surface area (Å²) in [5.74, 6) is 1.85. The van der Waals surface area contributed by atoms with Crippen LogP contribution in [0.3, 0.4) is 0 Å². The van der Waals surface area contributed by atoms with Crippen LogP contribution in [0.15, 0.2) is 23.1 Å². The second-order valence-corrected chi connectivity index (χ2v) is 5.12. The van der Waals surface area contributed by atoms with Crippen molar-refractivity contribution in [2.45, 2.75) is 23.7 Å². The number of thioether (sulfide) groups is 1. The first kappa shape index (κ1) is 10.3. The first-order valence-electron chi connectivity index (χ1n) is 4.93. The molecule has 0 saturated carbocycles. The molecule has 1 unspecified atom stereocenters. The Labute approximate surface area is 94.0 Å². The van der Waals surface area contributed by atoms with Gasteiger partial charge < -0.3 is 5.73 Å². The molecule has 2 rings (SSSR count). The van der Waals surface area contributed by atoms with Gasteiger partial charge in [0.15, 0.2) is 0 Å². The van der Waals surface area contributed by atoms with Crippen LogP contribution in [0.2, 0.25) is 5.02 Å². The Hall–Kier alpha value is -0.180. The highest BCUT2D eigenvalue weighted by Crippen LogP contribution is 2.42. The van der Waals surface area contributed by atoms with Gasteiger partial charge in [0.2, 0.25) is 0 Å². The molecule has 0 bridgehead atoms. The maximum absolute atomic E-state index is 5.99. The zero-order valence-electron chi connectivity index (χ0n) is 8.00. The van der Waals surface area contributed by atoms with Crippen molar-refractivity contribution in [3.8, 4) is 0 Å². The number of rotatable bonds is 3. The molecular weight excluding hydrogens is 214 g/mol. The SMILES string of the molecule is NCCCC1CSc2ccc(Cl)cc21. The van der Waals surface area contributed by atoms with E-state index in [1.54, 1.807) is 0 Å². The van der Waals surface area contributed by atoms with E-state index in [0.717, 1.165) is 18.0 Å². The summed E-state index contributed by atoms with van der Waals surface area (Å²) in [6.07, 6.45) is 2.30. The van der Waals surface area contributed by atoms with Gasteiger partial charge in [-0.2, -0.15) is 0 Å². The second-order valence-electron chi connectivity index (χ2n) is 3.62. The van der Waals surface area contributed by atoms with Crippen molar-refractivity contribution >= 4 is 23.4 Å². The lowest BCUT2D eigenvalue weighted by Gasteiger charge is -2.09. The summed E-state index contributed by atoms with van der Waals surface area (Å²) < 4.78 is 0. The van der Waals surface area contributed by atoms with E-state index in [0.29, 0.717) is 5.92 Å². The van der Waals surface area contributed by atoms with E-state index in [-0.39, 0.29) is 0 Å². The van der Waals surface area contributed by atoms with Crippen molar-refractivity contribution in [1.82, 2.24) is 0 Å². The summed E-state index contributed by atoms with van der Waals surface area (Å²) in [7, 11) is 0. The van der Waals surface area contributed by atoms with Crippen molar-refractivity contribution in [1.29, 1.82) is 0 Å². The molecule has 1 aliphatic heterocycles. The van der Waals surface area contributed by atoms with E-state index in [1.165, 1.54) is 22.6 Å². The molecule has 1 atom stereocenters. The van der Waals surface area contributed by atoms with Crippen LogP contribution < -0.4 is 5.73 Å². The molecule has 0 spiro atoms. The molecular formula is C11H14ClNS. The first-order valence-corrected chi connectivity index (χ1v) is 6.30. The summed E-state index contributed by atoms with van der Waals surface area (Å²) in [6, 6.07) is 6.21. The molecule has 0 saturated heterocycles.